The highest BCUT2D eigenvalue weighted by molar-refractivity contribution is 5.97. The number of hydrogen-bond donors (Lipinski definition) is 0. The van der Waals surface area contributed by atoms with Crippen molar-refractivity contribution in [1.29, 1.82) is 0 Å². The van der Waals surface area contributed by atoms with Crippen LogP contribution in [0.3, 0.4) is 0 Å². The molecule has 1 amide bonds. The lowest BCUT2D eigenvalue weighted by Crippen LogP contribution is -2.52. The van der Waals surface area contributed by atoms with Crippen LogP contribution in [0, 0.1) is 17.6 Å². The molecule has 0 bridgehead atoms. The van der Waals surface area contributed by atoms with Gasteiger partial charge in [-0.05, 0) is 43.0 Å². The molecule has 6 heteroatoms. The summed E-state index contributed by atoms with van der Waals surface area (Å²) >= 11 is 0. The molecule has 2 aromatic carbocycles. The molecular formula is C21H20F2N2O2. The van der Waals surface area contributed by atoms with Crippen LogP contribution >= 0.6 is 0 Å². The summed E-state index contributed by atoms with van der Waals surface area (Å²) in [5, 5.41) is 5.61. The zero-order valence-electron chi connectivity index (χ0n) is 15.2. The topological polar surface area (TPSA) is 41.9 Å². The van der Waals surface area contributed by atoms with Crippen molar-refractivity contribution in [3.05, 3.63) is 70.8 Å². The van der Waals surface area contributed by atoms with Gasteiger partial charge in [-0.25, -0.2) is 8.78 Å². The summed E-state index contributed by atoms with van der Waals surface area (Å²) in [5.41, 5.74) is 0.707. The van der Waals surface area contributed by atoms with Crippen molar-refractivity contribution in [3.8, 4) is 0 Å². The van der Waals surface area contributed by atoms with Crippen molar-refractivity contribution in [2.24, 2.45) is 11.0 Å². The normalized spacial score (nSPS) is 23.8. The quantitative estimate of drug-likeness (QED) is 0.790. The molecule has 0 aromatic heterocycles. The summed E-state index contributed by atoms with van der Waals surface area (Å²) in [6.45, 7) is 3.44. The minimum Gasteiger partial charge on any atom is -0.443 e. The van der Waals surface area contributed by atoms with Crippen molar-refractivity contribution in [1.82, 2.24) is 5.01 Å². The summed E-state index contributed by atoms with van der Waals surface area (Å²) < 4.78 is 34.3. The van der Waals surface area contributed by atoms with E-state index < -0.39 is 17.4 Å². The van der Waals surface area contributed by atoms with E-state index >= 15 is 0 Å². The van der Waals surface area contributed by atoms with Crippen LogP contribution < -0.4 is 0 Å². The Hall–Kier alpha value is -2.76. The van der Waals surface area contributed by atoms with Crippen LogP contribution in [0.15, 0.2) is 47.6 Å². The Morgan fingerprint density at radius 2 is 2.07 bits per heavy atom. The first kappa shape index (κ1) is 17.6. The second-order valence-corrected chi connectivity index (χ2v) is 6.96. The molecular weight excluding hydrogens is 350 g/mol. The molecule has 0 radical (unpaired) electrons. The molecule has 1 heterocycles. The largest absolute Gasteiger partial charge is 0.443 e. The van der Waals surface area contributed by atoms with E-state index in [1.807, 2.05) is 31.2 Å². The maximum Gasteiger partial charge on any atom is 0.244 e. The maximum atomic E-state index is 14.3. The minimum atomic E-state index is -1.14. The zero-order chi connectivity index (χ0) is 19.2. The van der Waals surface area contributed by atoms with Gasteiger partial charge in [0, 0.05) is 18.4 Å². The Kier molecular flexibility index (Phi) is 4.21. The third-order valence-electron chi connectivity index (χ3n) is 5.43. The highest BCUT2D eigenvalue weighted by atomic mass is 19.1. The molecule has 140 valence electrons. The predicted molar refractivity (Wildman–Crippen MR) is 96.7 cm³/mol. The number of carbonyl (C=O) groups is 1. The standard InChI is InChI=1S/C21H20F2N2O2/c1-3-15-9-8-14-6-4-5-7-18(14)21(15)25(13(2)26)24-20(27-21)17-12-16(22)10-11-19(17)23/h4-7,10-12,15H,3,8-9H2,1-2H3. The first-order valence-electron chi connectivity index (χ1n) is 9.09. The minimum absolute atomic E-state index is 0.0193. The molecule has 4 nitrogen and oxygen atoms in total. The van der Waals surface area contributed by atoms with E-state index in [1.54, 1.807) is 0 Å². The molecule has 0 saturated heterocycles. The highest BCUT2D eigenvalue weighted by Crippen LogP contribution is 2.50. The fourth-order valence-electron chi connectivity index (χ4n) is 4.19. The van der Waals surface area contributed by atoms with E-state index in [-0.39, 0.29) is 23.3 Å². The van der Waals surface area contributed by atoms with Crippen LogP contribution in [0.2, 0.25) is 0 Å². The number of halogens is 2. The lowest BCUT2D eigenvalue weighted by Gasteiger charge is -2.44. The second-order valence-electron chi connectivity index (χ2n) is 6.96. The van der Waals surface area contributed by atoms with Crippen molar-refractivity contribution in [3.63, 3.8) is 0 Å². The molecule has 2 aromatic rings. The lowest BCUT2D eigenvalue weighted by molar-refractivity contribution is -0.163. The van der Waals surface area contributed by atoms with Crippen LogP contribution in [0.5, 0.6) is 0 Å². The second kappa shape index (κ2) is 6.44. The smallest absolute Gasteiger partial charge is 0.244 e. The summed E-state index contributed by atoms with van der Waals surface area (Å²) in [4.78, 5) is 12.5. The number of amides is 1. The number of benzene rings is 2. The van der Waals surface area contributed by atoms with E-state index in [0.717, 1.165) is 48.6 Å². The van der Waals surface area contributed by atoms with Crippen molar-refractivity contribution >= 4 is 11.8 Å². The van der Waals surface area contributed by atoms with Gasteiger partial charge in [0.25, 0.3) is 0 Å². The van der Waals surface area contributed by atoms with Gasteiger partial charge in [-0.3, -0.25) is 4.79 Å². The highest BCUT2D eigenvalue weighted by Gasteiger charge is 2.56. The van der Waals surface area contributed by atoms with E-state index in [2.05, 4.69) is 5.10 Å². The van der Waals surface area contributed by atoms with E-state index in [0.29, 0.717) is 0 Å². The van der Waals surface area contributed by atoms with Gasteiger partial charge in [-0.1, -0.05) is 31.2 Å². The number of rotatable bonds is 2. The third kappa shape index (κ3) is 2.62. The number of fused-ring (bicyclic) bond motifs is 2. The summed E-state index contributed by atoms with van der Waals surface area (Å²) in [6.07, 6.45) is 2.44. The van der Waals surface area contributed by atoms with Crippen LogP contribution in [-0.4, -0.2) is 16.8 Å². The molecule has 27 heavy (non-hydrogen) atoms. The van der Waals surface area contributed by atoms with Crippen LogP contribution in [-0.2, 0) is 21.7 Å². The molecule has 4 rings (SSSR count). The predicted octanol–water partition coefficient (Wildman–Crippen LogP) is 4.33. The van der Waals surface area contributed by atoms with Gasteiger partial charge in [0.2, 0.25) is 17.5 Å². The first-order chi connectivity index (χ1) is 13.0. The number of hydrazone groups is 1. The molecule has 1 aliphatic heterocycles. The Morgan fingerprint density at radius 3 is 2.81 bits per heavy atom. The Labute approximate surface area is 156 Å². The molecule has 0 saturated carbocycles. The van der Waals surface area contributed by atoms with Gasteiger partial charge in [0.15, 0.2) is 0 Å². The fraction of sp³-hybridized carbons (Fsp3) is 0.333. The molecule has 1 spiro atoms. The van der Waals surface area contributed by atoms with Gasteiger partial charge in [-0.15, -0.1) is 5.10 Å². The molecule has 2 atom stereocenters. The van der Waals surface area contributed by atoms with Gasteiger partial charge < -0.3 is 4.74 Å². The van der Waals surface area contributed by atoms with Gasteiger partial charge >= 0.3 is 0 Å². The number of carbonyl (C=O) groups excluding carboxylic acids is 1. The Balaban J connectivity index is 1.90. The molecule has 2 unspecified atom stereocenters. The number of nitrogens with zero attached hydrogens (tertiary/aromatic N) is 2. The van der Waals surface area contributed by atoms with E-state index in [9.17, 15) is 13.6 Å². The monoisotopic (exact) mass is 370 g/mol. The SMILES string of the molecule is CCC1CCc2ccccc2C12OC(c1cc(F)ccc1F)=NN2C(C)=O. The van der Waals surface area contributed by atoms with Gasteiger partial charge in [0.05, 0.1) is 5.56 Å². The molecule has 0 N–H and O–H groups in total. The summed E-state index contributed by atoms with van der Waals surface area (Å²) in [5.74, 6) is -1.64. The van der Waals surface area contributed by atoms with Gasteiger partial charge in [-0.2, -0.15) is 5.01 Å². The van der Waals surface area contributed by atoms with Crippen molar-refractivity contribution in [2.45, 2.75) is 38.8 Å². The Morgan fingerprint density at radius 1 is 1.30 bits per heavy atom. The number of aryl methyl sites for hydroxylation is 1. The fourth-order valence-corrected chi connectivity index (χ4v) is 4.19. The molecule has 1 aliphatic carbocycles. The van der Waals surface area contributed by atoms with Crippen molar-refractivity contribution < 1.29 is 18.3 Å². The third-order valence-corrected chi connectivity index (χ3v) is 5.43. The molecule has 0 fully saturated rings. The van der Waals surface area contributed by atoms with Crippen LogP contribution in [0.4, 0.5) is 8.78 Å². The summed E-state index contributed by atoms with van der Waals surface area (Å²) in [6, 6.07) is 10.9. The lowest BCUT2D eigenvalue weighted by atomic mass is 9.75. The first-order valence-corrected chi connectivity index (χ1v) is 9.09. The number of ether oxygens (including phenoxy) is 1. The number of hydrogen-bond acceptors (Lipinski definition) is 3. The van der Waals surface area contributed by atoms with E-state index in [1.165, 1.54) is 11.9 Å². The summed E-state index contributed by atoms with van der Waals surface area (Å²) in [7, 11) is 0. The Bertz CT molecular complexity index is 944. The van der Waals surface area contributed by atoms with E-state index in [4.69, 9.17) is 4.74 Å². The zero-order valence-corrected chi connectivity index (χ0v) is 15.2. The average molecular weight is 370 g/mol. The van der Waals surface area contributed by atoms with Crippen molar-refractivity contribution in [2.75, 3.05) is 0 Å². The molecule has 2 aliphatic rings. The van der Waals surface area contributed by atoms with Crippen LogP contribution in [0.1, 0.15) is 43.4 Å². The maximum absolute atomic E-state index is 14.3. The average Bonchev–Trinajstić information content (AvgIpc) is 3.05. The van der Waals surface area contributed by atoms with Crippen LogP contribution in [0.25, 0.3) is 0 Å². The van der Waals surface area contributed by atoms with Gasteiger partial charge in [0.1, 0.15) is 11.6 Å².